The number of hydrogen-bond acceptors (Lipinski definition) is 3. The van der Waals surface area contributed by atoms with Gasteiger partial charge >= 0.3 is 5.97 Å². The van der Waals surface area contributed by atoms with Crippen LogP contribution in [0.3, 0.4) is 0 Å². The highest BCUT2D eigenvalue weighted by molar-refractivity contribution is 7.84. The van der Waals surface area contributed by atoms with Gasteiger partial charge < -0.3 is 4.74 Å². The van der Waals surface area contributed by atoms with Gasteiger partial charge in [-0.05, 0) is 35.3 Å². The summed E-state index contributed by atoms with van der Waals surface area (Å²) in [5, 5.41) is 0. The molecule has 1 aromatic rings. The molecule has 1 aromatic carbocycles. The minimum Gasteiger partial charge on any atom is -0.469 e. The second kappa shape index (κ2) is 6.73. The predicted octanol–water partition coefficient (Wildman–Crippen LogP) is 3.40. The Morgan fingerprint density at radius 1 is 1.29 bits per heavy atom. The SMILES string of the molecule is COC(=O)CC1(CS(=O)Cc2ccc(C(C)C)cc2)CC1. The van der Waals surface area contributed by atoms with Crippen LogP contribution in [0.5, 0.6) is 0 Å². The zero-order valence-electron chi connectivity index (χ0n) is 13.1. The summed E-state index contributed by atoms with van der Waals surface area (Å²) in [6, 6.07) is 8.34. The molecule has 0 saturated heterocycles. The van der Waals surface area contributed by atoms with E-state index in [-0.39, 0.29) is 11.4 Å². The smallest absolute Gasteiger partial charge is 0.306 e. The lowest BCUT2D eigenvalue weighted by atomic mass is 10.0. The van der Waals surface area contributed by atoms with Crippen LogP contribution in [0.2, 0.25) is 0 Å². The molecule has 0 aliphatic heterocycles. The zero-order chi connectivity index (χ0) is 15.5. The summed E-state index contributed by atoms with van der Waals surface area (Å²) >= 11 is 0. The first-order valence-electron chi connectivity index (χ1n) is 7.45. The highest BCUT2D eigenvalue weighted by Gasteiger charge is 2.45. The second-order valence-electron chi connectivity index (χ2n) is 6.38. The maximum Gasteiger partial charge on any atom is 0.306 e. The number of hydrogen-bond donors (Lipinski definition) is 0. The van der Waals surface area contributed by atoms with Crippen LogP contribution in [-0.4, -0.2) is 23.0 Å². The van der Waals surface area contributed by atoms with E-state index in [0.717, 1.165) is 18.4 Å². The molecule has 0 radical (unpaired) electrons. The van der Waals surface area contributed by atoms with E-state index in [9.17, 15) is 9.00 Å². The minimum absolute atomic E-state index is 0.0597. The van der Waals surface area contributed by atoms with Crippen molar-refractivity contribution in [2.45, 2.75) is 44.8 Å². The molecule has 116 valence electrons. The molecule has 0 spiro atoms. The van der Waals surface area contributed by atoms with E-state index in [0.29, 0.717) is 23.8 Å². The van der Waals surface area contributed by atoms with E-state index in [1.165, 1.54) is 12.7 Å². The third-order valence-electron chi connectivity index (χ3n) is 4.15. The maximum atomic E-state index is 12.3. The van der Waals surface area contributed by atoms with E-state index in [1.807, 2.05) is 0 Å². The molecule has 1 saturated carbocycles. The van der Waals surface area contributed by atoms with Crippen LogP contribution in [0.4, 0.5) is 0 Å². The van der Waals surface area contributed by atoms with Gasteiger partial charge in [-0.15, -0.1) is 0 Å². The first-order chi connectivity index (χ1) is 9.94. The van der Waals surface area contributed by atoms with E-state index in [2.05, 4.69) is 38.1 Å². The molecule has 2 rings (SSSR count). The first kappa shape index (κ1) is 16.2. The van der Waals surface area contributed by atoms with E-state index >= 15 is 0 Å². The van der Waals surface area contributed by atoms with Crippen LogP contribution < -0.4 is 0 Å². The van der Waals surface area contributed by atoms with Crippen molar-refractivity contribution in [3.63, 3.8) is 0 Å². The molecule has 0 N–H and O–H groups in total. The monoisotopic (exact) mass is 308 g/mol. The Bertz CT molecular complexity index is 515. The summed E-state index contributed by atoms with van der Waals surface area (Å²) in [4.78, 5) is 11.4. The average Bonchev–Trinajstić information content (AvgIpc) is 3.18. The van der Waals surface area contributed by atoms with E-state index in [4.69, 9.17) is 4.74 Å². The fourth-order valence-electron chi connectivity index (χ4n) is 2.50. The number of methoxy groups -OCH3 is 1. The van der Waals surface area contributed by atoms with Crippen molar-refractivity contribution < 1.29 is 13.7 Å². The van der Waals surface area contributed by atoms with Crippen molar-refractivity contribution in [2.24, 2.45) is 5.41 Å². The molecule has 1 fully saturated rings. The molecule has 1 unspecified atom stereocenters. The Morgan fingerprint density at radius 3 is 2.38 bits per heavy atom. The number of ether oxygens (including phenoxy) is 1. The molecule has 3 nitrogen and oxygen atoms in total. The predicted molar refractivity (Wildman–Crippen MR) is 85.5 cm³/mol. The molecule has 0 bridgehead atoms. The topological polar surface area (TPSA) is 43.4 Å². The van der Waals surface area contributed by atoms with Crippen LogP contribution in [0.15, 0.2) is 24.3 Å². The molecular formula is C17H24O3S. The highest BCUT2D eigenvalue weighted by atomic mass is 32.2. The Labute approximate surface area is 129 Å². The largest absolute Gasteiger partial charge is 0.469 e. The van der Waals surface area contributed by atoms with Gasteiger partial charge in [-0.25, -0.2) is 0 Å². The number of benzene rings is 1. The van der Waals surface area contributed by atoms with Crippen LogP contribution in [0.25, 0.3) is 0 Å². The number of rotatable bonds is 7. The lowest BCUT2D eigenvalue weighted by molar-refractivity contribution is -0.141. The normalized spacial score (nSPS) is 17.5. The Balaban J connectivity index is 1.88. The van der Waals surface area contributed by atoms with Gasteiger partial charge in [0.1, 0.15) is 0 Å². The van der Waals surface area contributed by atoms with Gasteiger partial charge in [-0.1, -0.05) is 38.1 Å². The summed E-state index contributed by atoms with van der Waals surface area (Å²) in [6.07, 6.45) is 2.38. The molecule has 0 heterocycles. The third kappa shape index (κ3) is 4.67. The van der Waals surface area contributed by atoms with Crippen LogP contribution in [0.1, 0.15) is 50.2 Å². The van der Waals surface area contributed by atoms with Gasteiger partial charge in [-0.3, -0.25) is 9.00 Å². The fraction of sp³-hybridized carbons (Fsp3) is 0.588. The molecule has 21 heavy (non-hydrogen) atoms. The van der Waals surface area contributed by atoms with Crippen molar-refractivity contribution >= 4 is 16.8 Å². The van der Waals surface area contributed by atoms with Gasteiger partial charge in [0.25, 0.3) is 0 Å². The number of carbonyl (C=O) groups excluding carboxylic acids is 1. The van der Waals surface area contributed by atoms with Crippen molar-refractivity contribution in [3.8, 4) is 0 Å². The van der Waals surface area contributed by atoms with Crippen LogP contribution in [-0.2, 0) is 26.1 Å². The van der Waals surface area contributed by atoms with Gasteiger partial charge in [0.15, 0.2) is 0 Å². The van der Waals surface area contributed by atoms with E-state index < -0.39 is 10.8 Å². The Morgan fingerprint density at radius 2 is 1.90 bits per heavy atom. The quantitative estimate of drug-likeness (QED) is 0.725. The summed E-state index contributed by atoms with van der Waals surface area (Å²) in [5.74, 6) is 1.50. The molecule has 0 aromatic heterocycles. The fourth-order valence-corrected chi connectivity index (χ4v) is 4.24. The lowest BCUT2D eigenvalue weighted by Crippen LogP contribution is -2.18. The summed E-state index contributed by atoms with van der Waals surface area (Å²) < 4.78 is 17.0. The summed E-state index contributed by atoms with van der Waals surface area (Å²) in [5.41, 5.74) is 2.34. The molecule has 1 aliphatic carbocycles. The third-order valence-corrected chi connectivity index (χ3v) is 5.73. The van der Waals surface area contributed by atoms with Gasteiger partial charge in [0.2, 0.25) is 0 Å². The molecule has 0 amide bonds. The van der Waals surface area contributed by atoms with Crippen molar-refractivity contribution in [2.75, 3.05) is 12.9 Å². The van der Waals surface area contributed by atoms with Gasteiger partial charge in [0, 0.05) is 22.3 Å². The highest BCUT2D eigenvalue weighted by Crippen LogP contribution is 2.49. The standard InChI is InChI=1S/C17H24O3S/c1-13(2)15-6-4-14(5-7-15)11-21(19)12-17(8-9-17)10-16(18)20-3/h4-7,13H,8-12H2,1-3H3. The average molecular weight is 308 g/mol. The van der Waals surface area contributed by atoms with Crippen LogP contribution in [0, 0.1) is 5.41 Å². The first-order valence-corrected chi connectivity index (χ1v) is 8.93. The summed E-state index contributed by atoms with van der Waals surface area (Å²) in [7, 11) is 0.487. The Hall–Kier alpha value is -1.16. The lowest BCUT2D eigenvalue weighted by Gasteiger charge is -2.13. The van der Waals surface area contributed by atoms with E-state index in [1.54, 1.807) is 0 Å². The molecule has 1 atom stereocenters. The van der Waals surface area contributed by atoms with Gasteiger partial charge in [0.05, 0.1) is 13.5 Å². The Kier molecular flexibility index (Phi) is 5.20. The van der Waals surface area contributed by atoms with Crippen molar-refractivity contribution in [3.05, 3.63) is 35.4 Å². The molecule has 1 aliphatic rings. The molecular weight excluding hydrogens is 284 g/mol. The zero-order valence-corrected chi connectivity index (χ0v) is 13.9. The van der Waals surface area contributed by atoms with Crippen molar-refractivity contribution in [1.82, 2.24) is 0 Å². The molecule has 4 heteroatoms. The van der Waals surface area contributed by atoms with Gasteiger partial charge in [-0.2, -0.15) is 0 Å². The maximum absolute atomic E-state index is 12.3. The summed E-state index contributed by atoms with van der Waals surface area (Å²) in [6.45, 7) is 4.33. The second-order valence-corrected chi connectivity index (χ2v) is 7.83. The number of esters is 1. The number of carbonyl (C=O) groups is 1. The van der Waals surface area contributed by atoms with Crippen LogP contribution >= 0.6 is 0 Å². The minimum atomic E-state index is -0.921. The van der Waals surface area contributed by atoms with Crippen molar-refractivity contribution in [1.29, 1.82) is 0 Å².